The van der Waals surface area contributed by atoms with Crippen LogP contribution in [0.4, 0.5) is 10.1 Å². The number of benzene rings is 2. The molecule has 2 heterocycles. The van der Waals surface area contributed by atoms with E-state index in [0.29, 0.717) is 5.69 Å². The van der Waals surface area contributed by atoms with Gasteiger partial charge in [0, 0.05) is 28.5 Å². The largest absolute Gasteiger partial charge is 0.497 e. The Morgan fingerprint density at radius 1 is 1.26 bits per heavy atom. The Balaban J connectivity index is 1.56. The lowest BCUT2D eigenvalue weighted by molar-refractivity contribution is -0.115. The number of amides is 1. The van der Waals surface area contributed by atoms with Crippen molar-refractivity contribution in [3.05, 3.63) is 71.6 Å². The van der Waals surface area contributed by atoms with Gasteiger partial charge in [0.25, 0.3) is 0 Å². The highest BCUT2D eigenvalue weighted by atomic mass is 32.1. The number of fused-ring (bicyclic) bond motifs is 1. The van der Waals surface area contributed by atoms with Crippen LogP contribution in [0.2, 0.25) is 0 Å². The number of nitrogens with zero attached hydrogens (tertiary/aromatic N) is 2. The van der Waals surface area contributed by atoms with Crippen molar-refractivity contribution in [1.29, 1.82) is 0 Å². The summed E-state index contributed by atoms with van der Waals surface area (Å²) in [4.78, 5) is 17.7. The van der Waals surface area contributed by atoms with E-state index < -0.39 is 0 Å². The second-order valence-electron chi connectivity index (χ2n) is 5.97. The highest BCUT2D eigenvalue weighted by Gasteiger charge is 2.13. The summed E-state index contributed by atoms with van der Waals surface area (Å²) in [5.74, 6) is 0.166. The van der Waals surface area contributed by atoms with E-state index in [1.165, 1.54) is 23.5 Å². The Bertz CT molecular complexity index is 1120. The minimum absolute atomic E-state index is 0.171. The van der Waals surface area contributed by atoms with Crippen molar-refractivity contribution in [1.82, 2.24) is 9.38 Å². The number of carbonyl (C=O) groups is 1. The second-order valence-corrected chi connectivity index (χ2v) is 6.81. The number of rotatable bonds is 5. The maximum Gasteiger partial charge on any atom is 0.230 e. The zero-order valence-corrected chi connectivity index (χ0v) is 15.3. The van der Waals surface area contributed by atoms with E-state index in [1.807, 2.05) is 40.2 Å². The summed E-state index contributed by atoms with van der Waals surface area (Å²) in [5.41, 5.74) is 3.02. The molecule has 5 nitrogen and oxygen atoms in total. The number of anilines is 1. The Labute approximate surface area is 159 Å². The summed E-state index contributed by atoms with van der Waals surface area (Å²) in [6.07, 6.45) is 2.08. The van der Waals surface area contributed by atoms with Crippen LogP contribution >= 0.6 is 11.3 Å². The van der Waals surface area contributed by atoms with Crippen LogP contribution in [0.15, 0.2) is 60.1 Å². The van der Waals surface area contributed by atoms with Gasteiger partial charge in [-0.1, -0.05) is 18.2 Å². The van der Waals surface area contributed by atoms with Crippen molar-refractivity contribution < 1.29 is 13.9 Å². The van der Waals surface area contributed by atoms with Crippen molar-refractivity contribution in [2.45, 2.75) is 6.42 Å². The summed E-state index contributed by atoms with van der Waals surface area (Å²) in [6.45, 7) is 0. The van der Waals surface area contributed by atoms with E-state index in [4.69, 9.17) is 4.74 Å². The number of carbonyl (C=O) groups excluding carboxylic acids is 1. The zero-order chi connectivity index (χ0) is 18.8. The van der Waals surface area contributed by atoms with Gasteiger partial charge in [0.15, 0.2) is 4.96 Å². The van der Waals surface area contributed by atoms with Gasteiger partial charge < -0.3 is 10.1 Å². The molecule has 2 aromatic carbocycles. The number of imidazole rings is 1. The molecule has 0 bridgehead atoms. The fraction of sp³-hybridized carbons (Fsp3) is 0.100. The normalized spacial score (nSPS) is 10.9. The van der Waals surface area contributed by atoms with Crippen molar-refractivity contribution in [2.24, 2.45) is 0 Å². The van der Waals surface area contributed by atoms with Gasteiger partial charge in [-0.25, -0.2) is 9.37 Å². The van der Waals surface area contributed by atoms with Crippen LogP contribution in [-0.4, -0.2) is 22.4 Å². The quantitative estimate of drug-likeness (QED) is 0.558. The summed E-state index contributed by atoms with van der Waals surface area (Å²) in [7, 11) is 1.63. The summed E-state index contributed by atoms with van der Waals surface area (Å²) in [6, 6.07) is 13.5. The van der Waals surface area contributed by atoms with Crippen LogP contribution < -0.4 is 10.1 Å². The molecule has 0 saturated carbocycles. The maximum absolute atomic E-state index is 13.3. The van der Waals surface area contributed by atoms with E-state index in [-0.39, 0.29) is 18.1 Å². The first kappa shape index (κ1) is 17.2. The van der Waals surface area contributed by atoms with Crippen LogP contribution in [0, 0.1) is 5.82 Å². The molecule has 0 aliphatic rings. The lowest BCUT2D eigenvalue weighted by Gasteiger charge is -2.05. The Hall–Kier alpha value is -3.19. The molecule has 0 aliphatic carbocycles. The Kier molecular flexibility index (Phi) is 4.60. The molecule has 136 valence electrons. The third-order valence-corrected chi connectivity index (χ3v) is 4.99. The van der Waals surface area contributed by atoms with Crippen molar-refractivity contribution >= 4 is 27.9 Å². The number of ether oxygens (including phenoxy) is 1. The third kappa shape index (κ3) is 3.68. The lowest BCUT2D eigenvalue weighted by atomic mass is 10.1. The van der Waals surface area contributed by atoms with Gasteiger partial charge in [-0.2, -0.15) is 0 Å². The van der Waals surface area contributed by atoms with E-state index in [9.17, 15) is 9.18 Å². The first-order valence-electron chi connectivity index (χ1n) is 8.28. The number of hydrogen-bond acceptors (Lipinski definition) is 4. The molecule has 1 N–H and O–H groups in total. The highest BCUT2D eigenvalue weighted by Crippen LogP contribution is 2.26. The molecule has 27 heavy (non-hydrogen) atoms. The van der Waals surface area contributed by atoms with Gasteiger partial charge in [0.05, 0.1) is 19.2 Å². The van der Waals surface area contributed by atoms with Gasteiger partial charge in [0.2, 0.25) is 5.91 Å². The highest BCUT2D eigenvalue weighted by molar-refractivity contribution is 7.15. The summed E-state index contributed by atoms with van der Waals surface area (Å²) in [5, 5.41) is 4.62. The molecule has 2 aromatic heterocycles. The van der Waals surface area contributed by atoms with Gasteiger partial charge in [-0.05, 0) is 30.3 Å². The molecule has 7 heteroatoms. The predicted molar refractivity (Wildman–Crippen MR) is 104 cm³/mol. The van der Waals surface area contributed by atoms with E-state index in [1.54, 1.807) is 19.2 Å². The first-order chi connectivity index (χ1) is 13.1. The standard InChI is InChI=1S/C20H16FN3O2S/c1-26-17-7-2-4-13(8-17)18-11-24-16(12-27-20(24)23-18)10-19(25)22-15-6-3-5-14(21)9-15/h2-9,11-12H,10H2,1H3,(H,22,25). The molecule has 4 rings (SSSR count). The monoisotopic (exact) mass is 381 g/mol. The second kappa shape index (κ2) is 7.20. The summed E-state index contributed by atoms with van der Waals surface area (Å²) >= 11 is 1.47. The van der Waals surface area contributed by atoms with Gasteiger partial charge in [-0.3, -0.25) is 9.20 Å². The van der Waals surface area contributed by atoms with Crippen molar-refractivity contribution in [3.63, 3.8) is 0 Å². The smallest absolute Gasteiger partial charge is 0.230 e. The molecule has 0 aliphatic heterocycles. The molecule has 0 unspecified atom stereocenters. The van der Waals surface area contributed by atoms with Crippen LogP contribution in [0.5, 0.6) is 5.75 Å². The SMILES string of the molecule is COc1cccc(-c2cn3c(CC(=O)Nc4cccc(F)c4)csc3n2)c1. The van der Waals surface area contributed by atoms with Gasteiger partial charge >= 0.3 is 0 Å². The number of methoxy groups -OCH3 is 1. The molecule has 4 aromatic rings. The Morgan fingerprint density at radius 2 is 2.11 bits per heavy atom. The van der Waals surface area contributed by atoms with E-state index in [0.717, 1.165) is 27.7 Å². The summed E-state index contributed by atoms with van der Waals surface area (Å²) < 4.78 is 20.4. The van der Waals surface area contributed by atoms with Crippen LogP contribution in [-0.2, 0) is 11.2 Å². The topological polar surface area (TPSA) is 55.6 Å². The third-order valence-electron chi connectivity index (χ3n) is 4.10. The fourth-order valence-corrected chi connectivity index (χ4v) is 3.69. The molecule has 0 spiro atoms. The fourth-order valence-electron chi connectivity index (χ4n) is 2.81. The van der Waals surface area contributed by atoms with Crippen molar-refractivity contribution in [3.8, 4) is 17.0 Å². The van der Waals surface area contributed by atoms with Crippen LogP contribution in [0.1, 0.15) is 5.69 Å². The number of nitrogens with one attached hydrogen (secondary N) is 1. The van der Waals surface area contributed by atoms with Crippen molar-refractivity contribution in [2.75, 3.05) is 12.4 Å². The molecular formula is C20H16FN3O2S. The number of aromatic nitrogens is 2. The van der Waals surface area contributed by atoms with Crippen LogP contribution in [0.3, 0.4) is 0 Å². The molecule has 0 saturated heterocycles. The molecule has 1 amide bonds. The number of thiazole rings is 1. The van der Waals surface area contributed by atoms with Gasteiger partial charge in [-0.15, -0.1) is 11.3 Å². The zero-order valence-electron chi connectivity index (χ0n) is 14.5. The molecule has 0 fully saturated rings. The first-order valence-corrected chi connectivity index (χ1v) is 9.15. The minimum Gasteiger partial charge on any atom is -0.497 e. The van der Waals surface area contributed by atoms with E-state index >= 15 is 0 Å². The maximum atomic E-state index is 13.3. The minimum atomic E-state index is -0.386. The van der Waals surface area contributed by atoms with E-state index in [2.05, 4.69) is 10.3 Å². The molecule has 0 atom stereocenters. The van der Waals surface area contributed by atoms with Gasteiger partial charge in [0.1, 0.15) is 11.6 Å². The number of hydrogen-bond donors (Lipinski definition) is 1. The van der Waals surface area contributed by atoms with Crippen LogP contribution in [0.25, 0.3) is 16.2 Å². The molecular weight excluding hydrogens is 365 g/mol. The average Bonchev–Trinajstić information content (AvgIpc) is 3.24. The molecule has 0 radical (unpaired) electrons. The Morgan fingerprint density at radius 3 is 2.93 bits per heavy atom. The number of halogens is 1. The average molecular weight is 381 g/mol. The predicted octanol–water partition coefficient (Wildman–Crippen LogP) is 4.39. The lowest BCUT2D eigenvalue weighted by Crippen LogP contribution is -2.15.